The molecule has 0 radical (unpaired) electrons. The Balaban J connectivity index is 0.000000566. The third-order valence-electron chi connectivity index (χ3n) is 6.24. The fourth-order valence-electron chi connectivity index (χ4n) is 4.08. The third-order valence-corrected chi connectivity index (χ3v) is 9.49. The molecule has 0 saturated carbocycles. The number of halogens is 6. The molecule has 1 nitrogen and oxygen atoms in total. The van der Waals surface area contributed by atoms with Gasteiger partial charge < -0.3 is 0 Å². The molecule has 0 heterocycles. The van der Waals surface area contributed by atoms with Gasteiger partial charge in [-0.15, -0.1) is 0 Å². The Bertz CT molecular complexity index is 1660. The van der Waals surface area contributed by atoms with Gasteiger partial charge in [-0.2, -0.15) is 0 Å². The summed E-state index contributed by atoms with van der Waals surface area (Å²) in [6, 6.07) is 42.3. The van der Waals surface area contributed by atoms with Crippen molar-refractivity contribution in [2.75, 3.05) is 0 Å². The Kier molecular flexibility index (Phi) is 9.46. The summed E-state index contributed by atoms with van der Waals surface area (Å²) >= 11 is 1.71. The standard InChI is InChI=1S/C34H29OS2.F6P/c1-24-4-10-27(11-5-24)34(35)28-12-14-29(15-13-28)36-30-16-22-33(23-17-30)37(31-18-6-25(2)7-19-31)32-20-8-26(3)9-21-32;1-7(2,3,4,5)6/h4-23H,1-3H3;/q+1;-1. The first-order valence-corrected chi connectivity index (χ1v) is 17.4. The van der Waals surface area contributed by atoms with E-state index in [4.69, 9.17) is 0 Å². The summed E-state index contributed by atoms with van der Waals surface area (Å²) in [5.41, 5.74) is 5.13. The number of benzene rings is 5. The molecule has 0 N–H and O–H groups in total. The van der Waals surface area contributed by atoms with Crippen molar-refractivity contribution < 1.29 is 30.0 Å². The van der Waals surface area contributed by atoms with Crippen molar-refractivity contribution in [3.05, 3.63) is 149 Å². The van der Waals surface area contributed by atoms with Gasteiger partial charge in [0, 0.05) is 20.9 Å². The monoisotopic (exact) mass is 662 g/mol. The Morgan fingerprint density at radius 1 is 0.477 bits per heavy atom. The van der Waals surface area contributed by atoms with Crippen molar-refractivity contribution in [3.63, 3.8) is 0 Å². The van der Waals surface area contributed by atoms with Crippen LogP contribution in [0.1, 0.15) is 32.6 Å². The van der Waals surface area contributed by atoms with Gasteiger partial charge in [0.15, 0.2) is 20.5 Å². The second-order valence-corrected chi connectivity index (χ2v) is 15.3. The number of ketones is 1. The zero-order valence-corrected chi connectivity index (χ0v) is 26.5. The van der Waals surface area contributed by atoms with Crippen molar-refractivity contribution in [2.45, 2.75) is 45.2 Å². The Labute approximate surface area is 259 Å². The van der Waals surface area contributed by atoms with Crippen LogP contribution in [0.4, 0.5) is 25.2 Å². The Hall–Kier alpha value is -3.52. The van der Waals surface area contributed by atoms with E-state index in [-0.39, 0.29) is 16.7 Å². The second-order valence-electron chi connectivity index (χ2n) is 10.2. The number of carbonyl (C=O) groups is 1. The molecule has 0 saturated heterocycles. The van der Waals surface area contributed by atoms with Crippen LogP contribution in [0.25, 0.3) is 0 Å². The number of aryl methyl sites for hydroxylation is 3. The molecule has 0 aliphatic carbocycles. The number of rotatable bonds is 7. The van der Waals surface area contributed by atoms with E-state index in [1.165, 1.54) is 30.7 Å². The zero-order chi connectivity index (χ0) is 32.2. The first-order chi connectivity index (χ1) is 20.4. The van der Waals surface area contributed by atoms with Gasteiger partial charge in [-0.1, -0.05) is 77.0 Å². The van der Waals surface area contributed by atoms with Crippen LogP contribution >= 0.6 is 19.6 Å². The minimum absolute atomic E-state index is 0.0557. The average Bonchev–Trinajstić information content (AvgIpc) is 2.95. The van der Waals surface area contributed by atoms with Crippen molar-refractivity contribution >= 4 is 36.2 Å². The van der Waals surface area contributed by atoms with Gasteiger partial charge >= 0.3 is 33.0 Å². The number of carbonyl (C=O) groups excluding carboxylic acids is 1. The van der Waals surface area contributed by atoms with E-state index in [1.54, 1.807) is 11.8 Å². The molecule has 0 atom stereocenters. The van der Waals surface area contributed by atoms with Crippen LogP contribution in [0.15, 0.2) is 146 Å². The first kappa shape index (κ1) is 33.4. The molecule has 0 amide bonds. The summed E-state index contributed by atoms with van der Waals surface area (Å²) in [7, 11) is -10.8. The fourth-order valence-corrected chi connectivity index (χ4v) is 6.94. The molecule has 0 aliphatic heterocycles. The molecule has 0 unspecified atom stereocenters. The summed E-state index contributed by atoms with van der Waals surface area (Å²) in [4.78, 5) is 19.0. The molecule has 0 aromatic heterocycles. The third kappa shape index (κ3) is 10.9. The molecular formula is C34H29F6OPS2. The molecule has 0 fully saturated rings. The summed E-state index contributed by atoms with van der Waals surface area (Å²) in [5.74, 6) is 0.0557. The van der Waals surface area contributed by atoms with E-state index in [2.05, 4.69) is 86.6 Å². The maximum atomic E-state index is 12.8. The van der Waals surface area contributed by atoms with Crippen LogP contribution in [0.3, 0.4) is 0 Å². The predicted molar refractivity (Wildman–Crippen MR) is 170 cm³/mol. The average molecular weight is 663 g/mol. The van der Waals surface area contributed by atoms with Gasteiger partial charge in [-0.3, -0.25) is 4.79 Å². The molecule has 0 bridgehead atoms. The van der Waals surface area contributed by atoms with E-state index in [0.29, 0.717) is 5.56 Å². The van der Waals surface area contributed by atoms with Gasteiger partial charge in [-0.05, 0) is 93.6 Å². The van der Waals surface area contributed by atoms with E-state index < -0.39 is 7.81 Å². The van der Waals surface area contributed by atoms with Gasteiger partial charge in [0.05, 0.1) is 10.9 Å². The van der Waals surface area contributed by atoms with Gasteiger partial charge in [0.25, 0.3) is 0 Å². The van der Waals surface area contributed by atoms with E-state index in [1.807, 2.05) is 55.5 Å². The van der Waals surface area contributed by atoms with Gasteiger partial charge in [0.2, 0.25) is 0 Å². The zero-order valence-electron chi connectivity index (χ0n) is 24.0. The fraction of sp³-hybridized carbons (Fsp3) is 0.0882. The van der Waals surface area contributed by atoms with Gasteiger partial charge in [0.1, 0.15) is 0 Å². The van der Waals surface area contributed by atoms with Crippen LogP contribution in [0, 0.1) is 20.8 Å². The molecule has 230 valence electrons. The van der Waals surface area contributed by atoms with Crippen molar-refractivity contribution in [1.29, 1.82) is 0 Å². The summed E-state index contributed by atoms with van der Waals surface area (Å²) in [6.45, 7) is 6.29. The molecular weight excluding hydrogens is 633 g/mol. The normalized spacial score (nSPS) is 13.0. The SMILES string of the molecule is Cc1ccc(C(=O)c2ccc(Sc3ccc([S+](c4ccc(C)cc4)c4ccc(C)cc4)cc3)cc2)cc1.F[P-](F)(F)(F)(F)F. The molecule has 5 rings (SSSR count). The topological polar surface area (TPSA) is 17.1 Å². The molecule has 10 heteroatoms. The molecule has 0 aliphatic rings. The minimum atomic E-state index is -10.7. The van der Waals surface area contributed by atoms with Crippen LogP contribution < -0.4 is 0 Å². The Morgan fingerprint density at radius 2 is 0.727 bits per heavy atom. The molecule has 44 heavy (non-hydrogen) atoms. The summed E-state index contributed by atoms with van der Waals surface area (Å²) < 4.78 is 59.2. The molecule has 5 aromatic carbocycles. The number of hydrogen-bond acceptors (Lipinski definition) is 2. The van der Waals surface area contributed by atoms with Crippen LogP contribution in [0.2, 0.25) is 0 Å². The quantitative estimate of drug-likeness (QED) is 0.0747. The van der Waals surface area contributed by atoms with Gasteiger partial charge in [-0.25, -0.2) is 0 Å². The van der Waals surface area contributed by atoms with Crippen LogP contribution in [-0.2, 0) is 10.9 Å². The summed E-state index contributed by atoms with van der Waals surface area (Å²) in [5, 5.41) is 0. The summed E-state index contributed by atoms with van der Waals surface area (Å²) in [6.07, 6.45) is 0. The van der Waals surface area contributed by atoms with E-state index >= 15 is 0 Å². The first-order valence-electron chi connectivity index (χ1n) is 13.3. The second kappa shape index (κ2) is 12.5. The number of hydrogen-bond donors (Lipinski definition) is 0. The van der Waals surface area contributed by atoms with Crippen LogP contribution in [0.5, 0.6) is 0 Å². The van der Waals surface area contributed by atoms with Crippen molar-refractivity contribution in [2.24, 2.45) is 0 Å². The van der Waals surface area contributed by atoms with Crippen LogP contribution in [-0.4, -0.2) is 5.78 Å². The maximum absolute atomic E-state index is 12.8. The molecule has 0 spiro atoms. The van der Waals surface area contributed by atoms with E-state index in [0.717, 1.165) is 16.0 Å². The van der Waals surface area contributed by atoms with Crippen molar-refractivity contribution in [1.82, 2.24) is 0 Å². The van der Waals surface area contributed by atoms with Crippen molar-refractivity contribution in [3.8, 4) is 0 Å². The predicted octanol–water partition coefficient (Wildman–Crippen LogP) is 12.5. The van der Waals surface area contributed by atoms with E-state index in [9.17, 15) is 30.0 Å². The molecule has 5 aromatic rings. The Morgan fingerprint density at radius 3 is 1.07 bits per heavy atom.